The van der Waals surface area contributed by atoms with Gasteiger partial charge in [0.15, 0.2) is 0 Å². The van der Waals surface area contributed by atoms with Gasteiger partial charge in [0.05, 0.1) is 0 Å². The Balaban J connectivity index is 3.63. The van der Waals surface area contributed by atoms with Crippen LogP contribution in [-0.4, -0.2) is 38.0 Å². The smallest absolute Gasteiger partial charge is 0.242 e. The molecule has 0 aliphatic carbocycles. The van der Waals surface area contributed by atoms with Crippen molar-refractivity contribution in [3.63, 3.8) is 0 Å². The summed E-state index contributed by atoms with van der Waals surface area (Å²) in [5.74, 6) is -0.360. The number of likely N-dealkylation sites (N-methyl/N-ethyl adjacent to an activating group) is 1. The largest absolute Gasteiger partial charge is 0.353 e. The van der Waals surface area contributed by atoms with Gasteiger partial charge in [-0.25, -0.2) is 0 Å². The third-order valence-electron chi connectivity index (χ3n) is 1.49. The van der Waals surface area contributed by atoms with Crippen molar-refractivity contribution >= 4 is 11.8 Å². The summed E-state index contributed by atoms with van der Waals surface area (Å²) in [7, 11) is 1.81. The van der Waals surface area contributed by atoms with Crippen LogP contribution >= 0.6 is 0 Å². The molecule has 1 atom stereocenters. The first-order valence-electron chi connectivity index (χ1n) is 4.27. The lowest BCUT2D eigenvalue weighted by molar-refractivity contribution is -0.127. The Kier molecular flexibility index (Phi) is 5.88. The number of amides is 2. The Labute approximate surface area is 78.3 Å². The van der Waals surface area contributed by atoms with Gasteiger partial charge < -0.3 is 16.0 Å². The van der Waals surface area contributed by atoms with Gasteiger partial charge in [-0.05, 0) is 14.0 Å². The molecule has 0 aromatic carbocycles. The Morgan fingerprint density at radius 3 is 2.38 bits per heavy atom. The maximum atomic E-state index is 11.2. The van der Waals surface area contributed by atoms with E-state index in [1.165, 1.54) is 6.92 Å². The molecule has 5 heteroatoms. The fourth-order valence-corrected chi connectivity index (χ4v) is 0.834. The minimum atomic E-state index is -0.464. The molecule has 0 heterocycles. The van der Waals surface area contributed by atoms with Gasteiger partial charge in [0.1, 0.15) is 6.04 Å². The van der Waals surface area contributed by atoms with Crippen molar-refractivity contribution in [1.82, 2.24) is 16.0 Å². The van der Waals surface area contributed by atoms with Crippen LogP contribution in [0.4, 0.5) is 0 Å². The molecular weight excluding hydrogens is 170 g/mol. The average Bonchev–Trinajstić information content (AvgIpc) is 2.03. The number of hydrogen-bond donors (Lipinski definition) is 3. The minimum Gasteiger partial charge on any atom is -0.353 e. The number of nitrogens with one attached hydrogen (secondary N) is 3. The molecule has 0 radical (unpaired) electrons. The molecule has 0 aliphatic rings. The van der Waals surface area contributed by atoms with Crippen molar-refractivity contribution in [3.05, 3.63) is 0 Å². The van der Waals surface area contributed by atoms with Crippen LogP contribution in [-0.2, 0) is 9.59 Å². The third-order valence-corrected chi connectivity index (χ3v) is 1.49. The van der Waals surface area contributed by atoms with Crippen molar-refractivity contribution in [2.45, 2.75) is 19.9 Å². The van der Waals surface area contributed by atoms with E-state index < -0.39 is 6.04 Å². The first kappa shape index (κ1) is 11.9. The lowest BCUT2D eigenvalue weighted by atomic mass is 10.3. The van der Waals surface area contributed by atoms with Gasteiger partial charge in [0.2, 0.25) is 11.8 Å². The quantitative estimate of drug-likeness (QED) is 0.476. The summed E-state index contributed by atoms with van der Waals surface area (Å²) in [6, 6.07) is -0.464. The second-order valence-electron chi connectivity index (χ2n) is 2.82. The molecule has 76 valence electrons. The Hall–Kier alpha value is -1.10. The predicted octanol–water partition coefficient (Wildman–Crippen LogP) is -1.15. The molecular formula is C8H17N3O2. The monoisotopic (exact) mass is 187 g/mol. The van der Waals surface area contributed by atoms with Gasteiger partial charge >= 0.3 is 0 Å². The highest BCUT2D eigenvalue weighted by Gasteiger charge is 2.11. The van der Waals surface area contributed by atoms with Gasteiger partial charge in [-0.3, -0.25) is 9.59 Å². The van der Waals surface area contributed by atoms with E-state index in [2.05, 4.69) is 16.0 Å². The van der Waals surface area contributed by atoms with E-state index in [0.29, 0.717) is 6.54 Å². The Morgan fingerprint density at radius 1 is 1.31 bits per heavy atom. The molecule has 0 aromatic heterocycles. The highest BCUT2D eigenvalue weighted by atomic mass is 16.2. The van der Waals surface area contributed by atoms with Crippen molar-refractivity contribution in [2.24, 2.45) is 0 Å². The van der Waals surface area contributed by atoms with Crippen LogP contribution in [0.3, 0.4) is 0 Å². The molecule has 0 rings (SSSR count). The second-order valence-corrected chi connectivity index (χ2v) is 2.82. The van der Waals surface area contributed by atoms with E-state index >= 15 is 0 Å². The first-order chi connectivity index (χ1) is 6.07. The maximum Gasteiger partial charge on any atom is 0.242 e. The molecule has 0 saturated carbocycles. The van der Waals surface area contributed by atoms with E-state index in [0.717, 1.165) is 6.54 Å². The van der Waals surface area contributed by atoms with Crippen LogP contribution in [0.1, 0.15) is 13.8 Å². The van der Waals surface area contributed by atoms with Crippen molar-refractivity contribution < 1.29 is 9.59 Å². The highest BCUT2D eigenvalue weighted by Crippen LogP contribution is 1.80. The molecule has 0 fully saturated rings. The lowest BCUT2D eigenvalue weighted by Gasteiger charge is -2.12. The fourth-order valence-electron chi connectivity index (χ4n) is 0.834. The topological polar surface area (TPSA) is 70.2 Å². The zero-order chi connectivity index (χ0) is 10.3. The fraction of sp³-hybridized carbons (Fsp3) is 0.750. The van der Waals surface area contributed by atoms with Crippen molar-refractivity contribution in [1.29, 1.82) is 0 Å². The zero-order valence-electron chi connectivity index (χ0n) is 8.31. The van der Waals surface area contributed by atoms with Gasteiger partial charge in [-0.15, -0.1) is 0 Å². The molecule has 0 spiro atoms. The van der Waals surface area contributed by atoms with E-state index in [4.69, 9.17) is 0 Å². The molecule has 0 saturated heterocycles. The van der Waals surface area contributed by atoms with Gasteiger partial charge in [-0.2, -0.15) is 0 Å². The summed E-state index contributed by atoms with van der Waals surface area (Å²) in [4.78, 5) is 21.8. The molecule has 3 N–H and O–H groups in total. The number of carbonyl (C=O) groups excluding carboxylic acids is 2. The van der Waals surface area contributed by atoms with Crippen LogP contribution < -0.4 is 16.0 Å². The van der Waals surface area contributed by atoms with Crippen LogP contribution in [0.25, 0.3) is 0 Å². The predicted molar refractivity (Wildman–Crippen MR) is 50.2 cm³/mol. The van der Waals surface area contributed by atoms with Crippen molar-refractivity contribution in [2.75, 3.05) is 20.1 Å². The van der Waals surface area contributed by atoms with E-state index in [9.17, 15) is 9.59 Å². The summed E-state index contributed by atoms with van der Waals surface area (Å²) in [5.41, 5.74) is 0. The van der Waals surface area contributed by atoms with Crippen LogP contribution in [0.15, 0.2) is 0 Å². The summed E-state index contributed by atoms with van der Waals surface area (Å²) in [5, 5.41) is 8.07. The van der Waals surface area contributed by atoms with Crippen LogP contribution in [0, 0.1) is 0 Å². The second kappa shape index (κ2) is 6.42. The SMILES string of the molecule is CNCCNC(=O)C(C)NC(C)=O. The first-order valence-corrected chi connectivity index (χ1v) is 4.27. The Morgan fingerprint density at radius 2 is 1.92 bits per heavy atom. The van der Waals surface area contributed by atoms with Gasteiger partial charge in [0, 0.05) is 20.0 Å². The van der Waals surface area contributed by atoms with Crippen LogP contribution in [0.5, 0.6) is 0 Å². The average molecular weight is 187 g/mol. The molecule has 13 heavy (non-hydrogen) atoms. The summed E-state index contributed by atoms with van der Waals surface area (Å²) < 4.78 is 0. The van der Waals surface area contributed by atoms with Gasteiger partial charge in [0.25, 0.3) is 0 Å². The Bertz CT molecular complexity index is 182. The number of hydrogen-bond acceptors (Lipinski definition) is 3. The summed E-state index contributed by atoms with van der Waals surface area (Å²) >= 11 is 0. The van der Waals surface area contributed by atoms with E-state index in [-0.39, 0.29) is 11.8 Å². The molecule has 5 nitrogen and oxygen atoms in total. The highest BCUT2D eigenvalue weighted by molar-refractivity contribution is 5.86. The lowest BCUT2D eigenvalue weighted by Crippen LogP contribution is -2.45. The number of carbonyl (C=O) groups is 2. The third kappa shape index (κ3) is 6.10. The van der Waals surface area contributed by atoms with Crippen molar-refractivity contribution in [3.8, 4) is 0 Å². The molecule has 0 aromatic rings. The van der Waals surface area contributed by atoms with Crippen LogP contribution in [0.2, 0.25) is 0 Å². The summed E-state index contributed by atoms with van der Waals surface area (Å²) in [6.45, 7) is 4.32. The summed E-state index contributed by atoms with van der Waals surface area (Å²) in [6.07, 6.45) is 0. The molecule has 2 amide bonds. The van der Waals surface area contributed by atoms with E-state index in [1.807, 2.05) is 7.05 Å². The normalized spacial score (nSPS) is 11.9. The van der Waals surface area contributed by atoms with Gasteiger partial charge in [-0.1, -0.05) is 0 Å². The standard InChI is InChI=1S/C8H17N3O2/c1-6(11-7(2)12)8(13)10-5-4-9-3/h6,9H,4-5H2,1-3H3,(H,10,13)(H,11,12). The molecule has 0 aliphatic heterocycles. The molecule has 0 bridgehead atoms. The van der Waals surface area contributed by atoms with E-state index in [1.54, 1.807) is 6.92 Å². The zero-order valence-corrected chi connectivity index (χ0v) is 8.31. The molecule has 1 unspecified atom stereocenters. The number of rotatable bonds is 5. The maximum absolute atomic E-state index is 11.2. The minimum absolute atomic E-state index is 0.162.